The van der Waals surface area contributed by atoms with Crippen molar-refractivity contribution in [2.75, 3.05) is 0 Å². The van der Waals surface area contributed by atoms with Gasteiger partial charge in [-0.3, -0.25) is 0 Å². The van der Waals surface area contributed by atoms with Gasteiger partial charge in [-0.1, -0.05) is 127 Å². The molecule has 48 heavy (non-hydrogen) atoms. The summed E-state index contributed by atoms with van der Waals surface area (Å²) in [4.78, 5) is 15.5. The largest absolute Gasteiger partial charge is 0.457 e. The van der Waals surface area contributed by atoms with Gasteiger partial charge in [-0.05, 0) is 75.7 Å². The molecule has 0 bridgehead atoms. The average Bonchev–Trinajstić information content (AvgIpc) is 3.45. The van der Waals surface area contributed by atoms with Crippen LogP contribution in [0.4, 0.5) is 0 Å². The molecule has 10 rings (SSSR count). The van der Waals surface area contributed by atoms with E-state index in [0.29, 0.717) is 11.6 Å². The van der Waals surface area contributed by atoms with Gasteiger partial charge < -0.3 is 4.74 Å². The molecule has 6 aromatic carbocycles. The van der Waals surface area contributed by atoms with Gasteiger partial charge in [0.1, 0.15) is 11.5 Å². The minimum Gasteiger partial charge on any atom is -0.457 e. The number of benzene rings is 6. The molecular formula is C44H29N3O. The predicted octanol–water partition coefficient (Wildman–Crippen LogP) is 10.6. The zero-order valence-electron chi connectivity index (χ0n) is 26.1. The summed E-state index contributed by atoms with van der Waals surface area (Å²) in [6, 6.07) is 47.2. The lowest BCUT2D eigenvalue weighted by atomic mass is 9.66. The van der Waals surface area contributed by atoms with Gasteiger partial charge in [0.05, 0.1) is 5.41 Å². The molecular weight excluding hydrogens is 587 g/mol. The maximum absolute atomic E-state index is 6.68. The summed E-state index contributed by atoms with van der Waals surface area (Å²) >= 11 is 0. The number of hydrogen-bond donors (Lipinski definition) is 0. The molecule has 3 aliphatic rings. The molecule has 0 atom stereocenters. The van der Waals surface area contributed by atoms with Crippen molar-refractivity contribution in [2.45, 2.75) is 18.3 Å². The molecule has 0 N–H and O–H groups in total. The van der Waals surface area contributed by atoms with E-state index < -0.39 is 5.41 Å². The maximum Gasteiger partial charge on any atom is 0.164 e. The third kappa shape index (κ3) is 3.86. The first-order chi connectivity index (χ1) is 23.8. The molecule has 1 spiro atoms. The van der Waals surface area contributed by atoms with Crippen LogP contribution in [0.25, 0.3) is 50.2 Å². The van der Waals surface area contributed by atoms with Crippen LogP contribution in [0.5, 0.6) is 11.5 Å². The Balaban J connectivity index is 1.24. The van der Waals surface area contributed by atoms with Gasteiger partial charge >= 0.3 is 0 Å². The number of hydrogen-bond acceptors (Lipinski definition) is 4. The summed E-state index contributed by atoms with van der Waals surface area (Å²) in [5.41, 5.74) is 9.72. The highest BCUT2D eigenvalue weighted by molar-refractivity contribution is 5.95. The maximum atomic E-state index is 6.68. The van der Waals surface area contributed by atoms with E-state index in [9.17, 15) is 0 Å². The number of allylic oxidation sites excluding steroid dienone is 4. The molecule has 1 aliphatic heterocycles. The number of aromatic nitrogens is 3. The number of ether oxygens (including phenoxy) is 1. The van der Waals surface area contributed by atoms with Crippen LogP contribution in [-0.2, 0) is 5.41 Å². The van der Waals surface area contributed by atoms with Crippen LogP contribution in [0, 0.1) is 0 Å². The lowest BCUT2D eigenvalue weighted by Crippen LogP contribution is -2.32. The number of fused-ring (bicyclic) bond motifs is 10. The molecule has 0 fully saturated rings. The Bertz CT molecular complexity index is 2460. The van der Waals surface area contributed by atoms with Crippen molar-refractivity contribution in [3.63, 3.8) is 0 Å². The predicted molar refractivity (Wildman–Crippen MR) is 192 cm³/mol. The topological polar surface area (TPSA) is 47.9 Å². The monoisotopic (exact) mass is 615 g/mol. The van der Waals surface area contributed by atoms with Crippen molar-refractivity contribution >= 4 is 16.3 Å². The fourth-order valence-electron chi connectivity index (χ4n) is 7.97. The summed E-state index contributed by atoms with van der Waals surface area (Å²) in [6.45, 7) is 0. The van der Waals surface area contributed by atoms with Gasteiger partial charge in [-0.2, -0.15) is 0 Å². The highest BCUT2D eigenvalue weighted by atomic mass is 16.5. The molecule has 226 valence electrons. The molecule has 0 amide bonds. The van der Waals surface area contributed by atoms with Crippen molar-refractivity contribution in [2.24, 2.45) is 0 Å². The molecule has 0 saturated carbocycles. The van der Waals surface area contributed by atoms with E-state index >= 15 is 0 Å². The standard InChI is InChI=1S/C44H29N3O/c1-2-14-29(15-3-1)41-45-42(47-43(46-41)34-20-12-16-28-13-4-5-17-31(28)34)30-25-26-40-38(27-30)44(37-23-10-11-24-39(37)48-40)35-21-8-6-18-32(35)33-19-7-9-22-36(33)44/h1-2,4-14,16-27H,3,15H2. The zero-order valence-corrected chi connectivity index (χ0v) is 26.1. The van der Waals surface area contributed by atoms with Crippen molar-refractivity contribution in [3.05, 3.63) is 180 Å². The van der Waals surface area contributed by atoms with E-state index in [-0.39, 0.29) is 0 Å². The van der Waals surface area contributed by atoms with Gasteiger partial charge in [0.2, 0.25) is 0 Å². The number of nitrogens with zero attached hydrogens (tertiary/aromatic N) is 3. The van der Waals surface area contributed by atoms with Gasteiger partial charge in [0.15, 0.2) is 17.5 Å². The smallest absolute Gasteiger partial charge is 0.164 e. The highest BCUT2D eigenvalue weighted by Crippen LogP contribution is 2.62. The van der Waals surface area contributed by atoms with Crippen molar-refractivity contribution in [1.29, 1.82) is 0 Å². The number of rotatable bonds is 3. The Morgan fingerprint density at radius 1 is 0.521 bits per heavy atom. The SMILES string of the molecule is C1=CCCC(c2nc(-c3ccc4c(c3)C3(c5ccccc5O4)c4ccccc4-c4ccccc43)nc(-c3cccc4ccccc34)n2)=C1. The molecule has 0 unspecified atom stereocenters. The van der Waals surface area contributed by atoms with Crippen LogP contribution in [0.2, 0.25) is 0 Å². The van der Waals surface area contributed by atoms with Gasteiger partial charge in [0.25, 0.3) is 0 Å². The third-order valence-electron chi connectivity index (χ3n) is 10.1. The Kier molecular flexibility index (Phi) is 5.88. The fraction of sp³-hybridized carbons (Fsp3) is 0.0682. The second kappa shape index (κ2) is 10.4. The molecule has 0 saturated heterocycles. The third-order valence-corrected chi connectivity index (χ3v) is 10.1. The normalized spacial score (nSPS) is 14.9. The molecule has 0 radical (unpaired) electrons. The fourth-order valence-corrected chi connectivity index (χ4v) is 7.97. The van der Waals surface area contributed by atoms with E-state index in [2.05, 4.69) is 152 Å². The molecule has 4 heteroatoms. The minimum absolute atomic E-state index is 0.557. The first-order valence-electron chi connectivity index (χ1n) is 16.5. The van der Waals surface area contributed by atoms with Crippen LogP contribution in [0.15, 0.2) is 152 Å². The van der Waals surface area contributed by atoms with Gasteiger partial charge in [-0.25, -0.2) is 15.0 Å². The first-order valence-corrected chi connectivity index (χ1v) is 16.5. The van der Waals surface area contributed by atoms with Crippen LogP contribution >= 0.6 is 0 Å². The van der Waals surface area contributed by atoms with Crippen LogP contribution < -0.4 is 4.74 Å². The Morgan fingerprint density at radius 3 is 1.98 bits per heavy atom. The van der Waals surface area contributed by atoms with E-state index in [0.717, 1.165) is 68.8 Å². The molecule has 7 aromatic rings. The number of para-hydroxylation sites is 1. The van der Waals surface area contributed by atoms with Gasteiger partial charge in [-0.15, -0.1) is 0 Å². The van der Waals surface area contributed by atoms with E-state index in [4.69, 9.17) is 19.7 Å². The summed E-state index contributed by atoms with van der Waals surface area (Å²) in [5, 5.41) is 2.28. The molecule has 4 nitrogen and oxygen atoms in total. The second-order valence-corrected chi connectivity index (χ2v) is 12.6. The molecule has 2 heterocycles. The van der Waals surface area contributed by atoms with E-state index in [1.54, 1.807) is 0 Å². The lowest BCUT2D eigenvalue weighted by molar-refractivity contribution is 0.436. The van der Waals surface area contributed by atoms with Crippen molar-refractivity contribution in [1.82, 2.24) is 15.0 Å². The van der Waals surface area contributed by atoms with E-state index in [1.165, 1.54) is 22.3 Å². The van der Waals surface area contributed by atoms with Crippen molar-refractivity contribution in [3.8, 4) is 45.4 Å². The second-order valence-electron chi connectivity index (χ2n) is 12.6. The Hall–Kier alpha value is -6.13. The summed E-state index contributed by atoms with van der Waals surface area (Å²) in [6.07, 6.45) is 8.28. The quantitative estimate of drug-likeness (QED) is 0.198. The Morgan fingerprint density at radius 2 is 1.17 bits per heavy atom. The molecule has 2 aliphatic carbocycles. The summed E-state index contributed by atoms with van der Waals surface area (Å²) in [5.74, 6) is 3.76. The average molecular weight is 616 g/mol. The van der Waals surface area contributed by atoms with Crippen LogP contribution in [0.3, 0.4) is 0 Å². The highest BCUT2D eigenvalue weighted by Gasteiger charge is 2.51. The van der Waals surface area contributed by atoms with Gasteiger partial charge in [0, 0.05) is 22.3 Å². The van der Waals surface area contributed by atoms with Crippen molar-refractivity contribution < 1.29 is 4.74 Å². The first kappa shape index (κ1) is 27.0. The Labute approximate surface area is 278 Å². The zero-order chi connectivity index (χ0) is 31.7. The molecule has 1 aromatic heterocycles. The minimum atomic E-state index is -0.557. The lowest BCUT2D eigenvalue weighted by Gasteiger charge is -2.39. The van der Waals surface area contributed by atoms with Crippen LogP contribution in [0.1, 0.15) is 40.9 Å². The van der Waals surface area contributed by atoms with E-state index in [1.807, 2.05) is 0 Å². The summed E-state index contributed by atoms with van der Waals surface area (Å²) in [7, 11) is 0. The summed E-state index contributed by atoms with van der Waals surface area (Å²) < 4.78 is 6.68. The van der Waals surface area contributed by atoms with Crippen LogP contribution in [-0.4, -0.2) is 15.0 Å².